The molecule has 4 nitrogen and oxygen atoms in total. The molecule has 0 amide bonds. The highest BCUT2D eigenvalue weighted by molar-refractivity contribution is 7.90. The van der Waals surface area contributed by atoms with Crippen LogP contribution in [0.25, 0.3) is 21.6 Å². The third-order valence-corrected chi connectivity index (χ3v) is 7.14. The number of benzene rings is 2. The van der Waals surface area contributed by atoms with Crippen molar-refractivity contribution in [1.82, 2.24) is 0 Å². The molecule has 0 N–H and O–H groups in total. The van der Waals surface area contributed by atoms with Gasteiger partial charge in [-0.15, -0.1) is 11.3 Å². The second-order valence-electron chi connectivity index (χ2n) is 7.34. The van der Waals surface area contributed by atoms with Crippen molar-refractivity contribution in [2.45, 2.75) is 24.3 Å². The first-order chi connectivity index (χ1) is 13.5. The average Bonchev–Trinajstić information content (AvgIpc) is 3.13. The fraction of sp³-hybridized carbons (Fsp3) is 0.190. The minimum atomic E-state index is -3.37. The Hall–Kier alpha value is -2.58. The minimum Gasteiger partial charge on any atom is -0.450 e. The number of halogens is 2. The topological polar surface area (TPSA) is 60.4 Å². The van der Waals surface area contributed by atoms with E-state index in [1.807, 2.05) is 0 Å². The van der Waals surface area contributed by atoms with E-state index in [1.54, 1.807) is 26.0 Å². The first kappa shape index (κ1) is 19.7. The van der Waals surface area contributed by atoms with Crippen LogP contribution in [-0.2, 0) is 20.2 Å². The fourth-order valence-electron chi connectivity index (χ4n) is 3.46. The van der Waals surface area contributed by atoms with Crippen molar-refractivity contribution in [3.05, 3.63) is 64.5 Å². The van der Waals surface area contributed by atoms with Gasteiger partial charge in [-0.1, -0.05) is 18.2 Å². The number of fused-ring (bicyclic) bond motifs is 1. The van der Waals surface area contributed by atoms with Crippen LogP contribution in [0.15, 0.2) is 47.4 Å². The molecule has 0 saturated heterocycles. The molecule has 1 aliphatic heterocycles. The van der Waals surface area contributed by atoms with Crippen LogP contribution in [0.3, 0.4) is 0 Å². The molecule has 0 bridgehead atoms. The Morgan fingerprint density at radius 3 is 2.14 bits per heavy atom. The summed E-state index contributed by atoms with van der Waals surface area (Å²) in [6, 6.07) is 9.81. The first-order valence-corrected chi connectivity index (χ1v) is 11.4. The van der Waals surface area contributed by atoms with Crippen molar-refractivity contribution in [2.24, 2.45) is 0 Å². The van der Waals surface area contributed by atoms with Crippen LogP contribution in [0.2, 0.25) is 0 Å². The zero-order valence-electron chi connectivity index (χ0n) is 15.7. The van der Waals surface area contributed by atoms with E-state index in [9.17, 15) is 22.0 Å². The van der Waals surface area contributed by atoms with Crippen molar-refractivity contribution in [2.75, 3.05) is 6.26 Å². The van der Waals surface area contributed by atoms with E-state index in [-0.39, 0.29) is 4.90 Å². The molecular weight excluding hydrogens is 418 g/mol. The lowest BCUT2D eigenvalue weighted by Gasteiger charge is -2.20. The Balaban J connectivity index is 2.00. The molecule has 4 rings (SSSR count). The molecule has 2 heterocycles. The van der Waals surface area contributed by atoms with E-state index in [4.69, 9.17) is 4.74 Å². The summed E-state index contributed by atoms with van der Waals surface area (Å²) in [4.78, 5) is 13.5. The normalized spacial score (nSPS) is 15.3. The first-order valence-electron chi connectivity index (χ1n) is 8.65. The molecule has 0 saturated carbocycles. The Labute approximate surface area is 170 Å². The molecule has 0 fully saturated rings. The van der Waals surface area contributed by atoms with E-state index >= 15 is 0 Å². The summed E-state index contributed by atoms with van der Waals surface area (Å²) in [5.74, 6) is -2.43. The molecule has 8 heteroatoms. The molecule has 0 spiro atoms. The number of carbonyl (C=O) groups is 1. The lowest BCUT2D eigenvalue weighted by molar-refractivity contribution is 0.00983. The molecule has 3 aromatic rings. The van der Waals surface area contributed by atoms with E-state index < -0.39 is 33.0 Å². The number of cyclic esters (lactones) is 1. The summed E-state index contributed by atoms with van der Waals surface area (Å²) in [5.41, 5.74) is 1.46. The summed E-state index contributed by atoms with van der Waals surface area (Å²) >= 11 is 1.15. The molecule has 150 valence electrons. The van der Waals surface area contributed by atoms with Gasteiger partial charge < -0.3 is 4.74 Å². The molecule has 0 unspecified atom stereocenters. The average molecular weight is 434 g/mol. The highest BCUT2D eigenvalue weighted by Crippen LogP contribution is 2.52. The largest absolute Gasteiger partial charge is 0.450 e. The minimum absolute atomic E-state index is 0.161. The van der Waals surface area contributed by atoms with Gasteiger partial charge in [0.1, 0.15) is 10.5 Å². The lowest BCUT2D eigenvalue weighted by atomic mass is 9.90. The molecule has 29 heavy (non-hydrogen) atoms. The maximum atomic E-state index is 13.9. The predicted molar refractivity (Wildman–Crippen MR) is 107 cm³/mol. The molecule has 2 aromatic carbocycles. The number of sulfone groups is 1. The Kier molecular flexibility index (Phi) is 4.40. The number of ether oxygens (including phenoxy) is 1. The highest BCUT2D eigenvalue weighted by Gasteiger charge is 2.43. The molecular formula is C21H16F2O4S2. The van der Waals surface area contributed by atoms with Crippen molar-refractivity contribution in [1.29, 1.82) is 0 Å². The lowest BCUT2D eigenvalue weighted by Crippen LogP contribution is -2.17. The van der Waals surface area contributed by atoms with Gasteiger partial charge >= 0.3 is 5.97 Å². The number of rotatable bonds is 3. The highest BCUT2D eigenvalue weighted by atomic mass is 32.2. The Morgan fingerprint density at radius 1 is 0.931 bits per heavy atom. The summed E-state index contributed by atoms with van der Waals surface area (Å²) < 4.78 is 56.4. The van der Waals surface area contributed by atoms with Gasteiger partial charge in [0.15, 0.2) is 21.5 Å². The maximum Gasteiger partial charge on any atom is 0.349 e. The van der Waals surface area contributed by atoms with Gasteiger partial charge in [0, 0.05) is 22.3 Å². The van der Waals surface area contributed by atoms with Crippen LogP contribution < -0.4 is 0 Å². The van der Waals surface area contributed by atoms with Crippen LogP contribution in [0.1, 0.15) is 29.1 Å². The van der Waals surface area contributed by atoms with Gasteiger partial charge in [0.2, 0.25) is 0 Å². The van der Waals surface area contributed by atoms with E-state index in [2.05, 4.69) is 0 Å². The third kappa shape index (κ3) is 3.26. The van der Waals surface area contributed by atoms with Gasteiger partial charge in [-0.25, -0.2) is 22.0 Å². The van der Waals surface area contributed by atoms with E-state index in [0.29, 0.717) is 32.0 Å². The van der Waals surface area contributed by atoms with Crippen LogP contribution in [0.5, 0.6) is 0 Å². The third-order valence-electron chi connectivity index (χ3n) is 4.80. The fourth-order valence-corrected chi connectivity index (χ4v) is 5.44. The standard InChI is InChI=1S/C21H16F2O4S2/c1-21(2)17-16(11-4-7-13(8-5-11)29(3,25)26)18(28-19(17)20(24)27-21)12-6-9-14(22)15(23)10-12/h4-10H,1-3H3. The quantitative estimate of drug-likeness (QED) is 0.534. The van der Waals surface area contributed by atoms with Gasteiger partial charge in [-0.2, -0.15) is 0 Å². The van der Waals surface area contributed by atoms with Gasteiger partial charge in [-0.3, -0.25) is 0 Å². The second-order valence-corrected chi connectivity index (χ2v) is 10.4. The zero-order valence-corrected chi connectivity index (χ0v) is 17.4. The summed E-state index contributed by atoms with van der Waals surface area (Å²) in [5, 5.41) is 0. The summed E-state index contributed by atoms with van der Waals surface area (Å²) in [6.07, 6.45) is 1.12. The number of carbonyl (C=O) groups excluding carboxylic acids is 1. The van der Waals surface area contributed by atoms with Crippen LogP contribution in [0.4, 0.5) is 8.78 Å². The number of hydrogen-bond donors (Lipinski definition) is 0. The van der Waals surface area contributed by atoms with E-state index in [0.717, 1.165) is 29.7 Å². The predicted octanol–water partition coefficient (Wildman–Crippen LogP) is 5.17. The van der Waals surface area contributed by atoms with Crippen molar-refractivity contribution < 1.29 is 26.7 Å². The second kappa shape index (κ2) is 6.47. The van der Waals surface area contributed by atoms with Crippen LogP contribution in [-0.4, -0.2) is 20.6 Å². The summed E-state index contributed by atoms with van der Waals surface area (Å²) in [6.45, 7) is 3.51. The van der Waals surface area contributed by atoms with Gasteiger partial charge in [0.25, 0.3) is 0 Å². The van der Waals surface area contributed by atoms with Crippen molar-refractivity contribution in [3.8, 4) is 21.6 Å². The van der Waals surface area contributed by atoms with Gasteiger partial charge in [0.05, 0.1) is 4.90 Å². The smallest absolute Gasteiger partial charge is 0.349 e. The molecule has 0 atom stereocenters. The Bertz CT molecular complexity index is 1260. The van der Waals surface area contributed by atoms with E-state index in [1.165, 1.54) is 18.2 Å². The summed E-state index contributed by atoms with van der Waals surface area (Å²) in [7, 11) is -3.37. The number of thiophene rings is 1. The molecule has 0 radical (unpaired) electrons. The van der Waals surface area contributed by atoms with Crippen LogP contribution >= 0.6 is 11.3 Å². The van der Waals surface area contributed by atoms with Crippen molar-refractivity contribution in [3.63, 3.8) is 0 Å². The zero-order chi connectivity index (χ0) is 21.1. The van der Waals surface area contributed by atoms with Crippen molar-refractivity contribution >= 4 is 27.1 Å². The maximum absolute atomic E-state index is 13.9. The molecule has 0 aliphatic carbocycles. The van der Waals surface area contributed by atoms with Crippen LogP contribution in [0, 0.1) is 11.6 Å². The Morgan fingerprint density at radius 2 is 1.55 bits per heavy atom. The number of esters is 1. The van der Waals surface area contributed by atoms with Gasteiger partial charge in [-0.05, 0) is 49.2 Å². The monoisotopic (exact) mass is 434 g/mol. The molecule has 1 aromatic heterocycles. The number of hydrogen-bond acceptors (Lipinski definition) is 5. The molecule has 1 aliphatic rings. The SMILES string of the molecule is CC1(C)OC(=O)c2sc(-c3ccc(F)c(F)c3)c(-c3ccc(S(C)(=O)=O)cc3)c21.